The van der Waals surface area contributed by atoms with Gasteiger partial charge in [0, 0.05) is 4.47 Å². The zero-order chi connectivity index (χ0) is 17.6. The molecule has 0 bridgehead atoms. The lowest BCUT2D eigenvalue weighted by molar-refractivity contribution is 0.475. The molecule has 25 heavy (non-hydrogen) atoms. The Labute approximate surface area is 157 Å². The van der Waals surface area contributed by atoms with Crippen LogP contribution in [0.1, 0.15) is 27.8 Å². The van der Waals surface area contributed by atoms with E-state index in [1.54, 1.807) is 12.1 Å². The first-order valence-corrected chi connectivity index (χ1v) is 8.91. The number of hydrogen-bond acceptors (Lipinski definition) is 1. The SMILES string of the molecule is Cc1ccc(/C=C/c2ccc(/C=C/c3ccc(O)cc3)c(Br)c2)cc1. The van der Waals surface area contributed by atoms with Gasteiger partial charge in [-0.15, -0.1) is 0 Å². The van der Waals surface area contributed by atoms with Crippen LogP contribution in [0.4, 0.5) is 0 Å². The molecule has 0 spiro atoms. The van der Waals surface area contributed by atoms with Gasteiger partial charge in [-0.25, -0.2) is 0 Å². The van der Waals surface area contributed by atoms with E-state index in [-0.39, 0.29) is 5.75 Å². The maximum absolute atomic E-state index is 9.32. The molecule has 124 valence electrons. The lowest BCUT2D eigenvalue weighted by Crippen LogP contribution is -1.79. The number of aryl methyl sites for hydroxylation is 1. The highest BCUT2D eigenvalue weighted by Crippen LogP contribution is 2.23. The third-order valence-corrected chi connectivity index (χ3v) is 4.61. The van der Waals surface area contributed by atoms with E-state index < -0.39 is 0 Å². The summed E-state index contributed by atoms with van der Waals surface area (Å²) in [5, 5.41) is 9.32. The Morgan fingerprint density at radius 2 is 1.20 bits per heavy atom. The van der Waals surface area contributed by atoms with Crippen molar-refractivity contribution in [2.75, 3.05) is 0 Å². The minimum absolute atomic E-state index is 0.281. The van der Waals surface area contributed by atoms with Crippen LogP contribution in [-0.2, 0) is 0 Å². The fraction of sp³-hybridized carbons (Fsp3) is 0.0435. The summed E-state index contributed by atoms with van der Waals surface area (Å²) in [5.41, 5.74) is 5.77. The largest absolute Gasteiger partial charge is 0.508 e. The highest BCUT2D eigenvalue weighted by Gasteiger charge is 1.98. The van der Waals surface area contributed by atoms with Gasteiger partial charge in [0.05, 0.1) is 0 Å². The van der Waals surface area contributed by atoms with Crippen LogP contribution < -0.4 is 0 Å². The molecule has 0 saturated heterocycles. The zero-order valence-corrected chi connectivity index (χ0v) is 15.6. The lowest BCUT2D eigenvalue weighted by Gasteiger charge is -2.02. The fourth-order valence-electron chi connectivity index (χ4n) is 2.42. The second-order valence-corrected chi connectivity index (χ2v) is 6.80. The van der Waals surface area contributed by atoms with Gasteiger partial charge >= 0.3 is 0 Å². The van der Waals surface area contributed by atoms with Gasteiger partial charge in [-0.3, -0.25) is 0 Å². The van der Waals surface area contributed by atoms with Gasteiger partial charge in [0.25, 0.3) is 0 Å². The van der Waals surface area contributed by atoms with E-state index in [2.05, 4.69) is 83.5 Å². The van der Waals surface area contributed by atoms with Crippen LogP contribution in [-0.4, -0.2) is 5.11 Å². The van der Waals surface area contributed by atoms with Crippen molar-refractivity contribution in [1.82, 2.24) is 0 Å². The quantitative estimate of drug-likeness (QED) is 0.485. The molecule has 0 atom stereocenters. The highest BCUT2D eigenvalue weighted by molar-refractivity contribution is 9.10. The van der Waals surface area contributed by atoms with E-state index in [0.29, 0.717) is 0 Å². The summed E-state index contributed by atoms with van der Waals surface area (Å²) >= 11 is 3.64. The molecule has 3 rings (SSSR count). The number of benzene rings is 3. The van der Waals surface area contributed by atoms with Crippen LogP contribution >= 0.6 is 15.9 Å². The molecule has 0 unspecified atom stereocenters. The van der Waals surface area contributed by atoms with Crippen LogP contribution in [0.3, 0.4) is 0 Å². The predicted octanol–water partition coefficient (Wildman–Crippen LogP) is 6.80. The second kappa shape index (κ2) is 8.00. The summed E-state index contributed by atoms with van der Waals surface area (Å²) < 4.78 is 1.05. The van der Waals surface area contributed by atoms with Gasteiger partial charge in [-0.05, 0) is 47.4 Å². The molecule has 1 N–H and O–H groups in total. The molecule has 0 amide bonds. The van der Waals surface area contributed by atoms with E-state index in [4.69, 9.17) is 0 Å². The molecular weight excluding hydrogens is 372 g/mol. The molecule has 0 fully saturated rings. The normalized spacial score (nSPS) is 11.4. The molecule has 0 aliphatic heterocycles. The van der Waals surface area contributed by atoms with Gasteiger partial charge < -0.3 is 5.11 Å². The molecule has 0 saturated carbocycles. The smallest absolute Gasteiger partial charge is 0.115 e. The van der Waals surface area contributed by atoms with Crippen molar-refractivity contribution < 1.29 is 5.11 Å². The van der Waals surface area contributed by atoms with Gasteiger partial charge in [-0.1, -0.05) is 94.3 Å². The Morgan fingerprint density at radius 3 is 1.84 bits per heavy atom. The van der Waals surface area contributed by atoms with Gasteiger partial charge in [0.1, 0.15) is 5.75 Å². The fourth-order valence-corrected chi connectivity index (χ4v) is 2.95. The van der Waals surface area contributed by atoms with E-state index >= 15 is 0 Å². The standard InChI is InChI=1S/C23H19BrO/c1-17-2-4-18(5-3-17)6-7-20-9-13-21(23(24)16-20)12-8-19-10-14-22(25)15-11-19/h2-16,25H,1H3/b7-6+,12-8+. The molecule has 0 aliphatic rings. The maximum atomic E-state index is 9.32. The first-order valence-electron chi connectivity index (χ1n) is 8.11. The van der Waals surface area contributed by atoms with E-state index in [1.165, 1.54) is 11.1 Å². The topological polar surface area (TPSA) is 20.2 Å². The second-order valence-electron chi connectivity index (χ2n) is 5.95. The first-order chi connectivity index (χ1) is 12.1. The van der Waals surface area contributed by atoms with Crippen molar-refractivity contribution >= 4 is 40.2 Å². The van der Waals surface area contributed by atoms with Crippen molar-refractivity contribution in [1.29, 1.82) is 0 Å². The van der Waals surface area contributed by atoms with Crippen molar-refractivity contribution in [3.05, 3.63) is 99.0 Å². The van der Waals surface area contributed by atoms with Crippen LogP contribution in [0.5, 0.6) is 5.75 Å². The number of halogens is 1. The Kier molecular flexibility index (Phi) is 5.52. The predicted molar refractivity (Wildman–Crippen MR) is 111 cm³/mol. The average molecular weight is 391 g/mol. The number of rotatable bonds is 4. The van der Waals surface area contributed by atoms with Crippen molar-refractivity contribution in [2.24, 2.45) is 0 Å². The number of aromatic hydroxyl groups is 1. The van der Waals surface area contributed by atoms with Crippen LogP contribution in [0, 0.1) is 6.92 Å². The summed E-state index contributed by atoms with van der Waals surface area (Å²) in [7, 11) is 0. The third-order valence-electron chi connectivity index (χ3n) is 3.92. The Balaban J connectivity index is 1.74. The van der Waals surface area contributed by atoms with Crippen molar-refractivity contribution in [2.45, 2.75) is 6.92 Å². The van der Waals surface area contributed by atoms with Gasteiger partial charge in [0.2, 0.25) is 0 Å². The Morgan fingerprint density at radius 1 is 0.680 bits per heavy atom. The monoisotopic (exact) mass is 390 g/mol. The van der Waals surface area contributed by atoms with Crippen LogP contribution in [0.15, 0.2) is 71.2 Å². The van der Waals surface area contributed by atoms with Crippen LogP contribution in [0.2, 0.25) is 0 Å². The van der Waals surface area contributed by atoms with E-state index in [0.717, 1.165) is 21.2 Å². The summed E-state index contributed by atoms with van der Waals surface area (Å²) in [5.74, 6) is 0.281. The minimum atomic E-state index is 0.281. The lowest BCUT2D eigenvalue weighted by atomic mass is 10.1. The Bertz CT molecular complexity index is 904. The summed E-state index contributed by atoms with van der Waals surface area (Å²) in [4.78, 5) is 0. The molecule has 2 heteroatoms. The number of hydrogen-bond donors (Lipinski definition) is 1. The highest BCUT2D eigenvalue weighted by atomic mass is 79.9. The first kappa shape index (κ1) is 17.2. The number of phenols is 1. The molecule has 3 aromatic carbocycles. The molecule has 0 aromatic heterocycles. The zero-order valence-electron chi connectivity index (χ0n) is 14.0. The van der Waals surface area contributed by atoms with Crippen molar-refractivity contribution in [3.63, 3.8) is 0 Å². The van der Waals surface area contributed by atoms with Crippen molar-refractivity contribution in [3.8, 4) is 5.75 Å². The summed E-state index contributed by atoms with van der Waals surface area (Å²) in [6, 6.07) is 21.9. The molecule has 1 nitrogen and oxygen atoms in total. The van der Waals surface area contributed by atoms with E-state index in [9.17, 15) is 5.11 Å². The van der Waals surface area contributed by atoms with Gasteiger partial charge in [-0.2, -0.15) is 0 Å². The van der Waals surface area contributed by atoms with Gasteiger partial charge in [0.15, 0.2) is 0 Å². The Hall–Kier alpha value is -2.58. The van der Waals surface area contributed by atoms with E-state index in [1.807, 2.05) is 18.2 Å². The molecule has 0 aliphatic carbocycles. The number of phenolic OH excluding ortho intramolecular Hbond substituents is 1. The summed E-state index contributed by atoms with van der Waals surface area (Å²) in [6.45, 7) is 2.09. The van der Waals surface area contributed by atoms with Crippen LogP contribution in [0.25, 0.3) is 24.3 Å². The molecule has 0 heterocycles. The minimum Gasteiger partial charge on any atom is -0.508 e. The average Bonchev–Trinajstić information content (AvgIpc) is 2.62. The summed E-state index contributed by atoms with van der Waals surface area (Å²) in [6.07, 6.45) is 8.32. The maximum Gasteiger partial charge on any atom is 0.115 e. The molecule has 3 aromatic rings. The molecule has 0 radical (unpaired) electrons. The third kappa shape index (κ3) is 4.94. The molecular formula is C23H19BrO.